The van der Waals surface area contributed by atoms with Crippen molar-refractivity contribution in [3.05, 3.63) is 42.4 Å². The lowest BCUT2D eigenvalue weighted by Crippen LogP contribution is -2.34. The number of carbonyl (C=O) groups excluding carboxylic acids is 1. The number of methoxy groups -OCH3 is 1. The minimum atomic E-state index is -0.351. The highest BCUT2D eigenvalue weighted by Gasteiger charge is 2.19. The maximum Gasteiger partial charge on any atom is 0.291 e. The molecule has 140 valence electrons. The molecule has 2 aromatic heterocycles. The molecule has 4 rings (SSSR count). The van der Waals surface area contributed by atoms with E-state index in [2.05, 4.69) is 27.1 Å². The summed E-state index contributed by atoms with van der Waals surface area (Å²) in [4.78, 5) is 23.5. The number of furan rings is 1. The molecule has 0 atom stereocenters. The zero-order valence-corrected chi connectivity index (χ0v) is 15.4. The number of ether oxygens (including phenoxy) is 1. The first-order valence-corrected chi connectivity index (χ1v) is 9.09. The van der Waals surface area contributed by atoms with Crippen LogP contribution in [-0.4, -0.2) is 36.1 Å². The third-order valence-corrected chi connectivity index (χ3v) is 4.91. The zero-order valence-electron chi connectivity index (χ0n) is 15.4. The SMILES string of the molecule is COc1cccc2cc(C(=O)Nc3cnc(N4CCC(C)CC4)nc3)oc12. The summed E-state index contributed by atoms with van der Waals surface area (Å²) in [5.41, 5.74) is 1.08. The molecule has 1 aromatic carbocycles. The molecule has 1 aliphatic rings. The standard InChI is InChI=1S/C20H22N4O3/c1-13-6-8-24(9-7-13)20-21-11-15(12-22-20)23-19(25)17-10-14-4-3-5-16(26-2)18(14)27-17/h3-5,10-13H,6-9H2,1-2H3,(H,23,25). The maximum absolute atomic E-state index is 12.5. The quantitative estimate of drug-likeness (QED) is 0.758. The van der Waals surface area contributed by atoms with Crippen molar-refractivity contribution >= 4 is 28.5 Å². The van der Waals surface area contributed by atoms with Gasteiger partial charge in [-0.25, -0.2) is 9.97 Å². The van der Waals surface area contributed by atoms with Gasteiger partial charge in [0.15, 0.2) is 17.1 Å². The Morgan fingerprint density at radius 2 is 2.00 bits per heavy atom. The fraction of sp³-hybridized carbons (Fsp3) is 0.350. The van der Waals surface area contributed by atoms with E-state index in [1.807, 2.05) is 12.1 Å². The molecule has 1 saturated heterocycles. The molecule has 1 fully saturated rings. The minimum Gasteiger partial charge on any atom is -0.493 e. The molecule has 3 heterocycles. The monoisotopic (exact) mass is 366 g/mol. The number of hydrogen-bond acceptors (Lipinski definition) is 6. The van der Waals surface area contributed by atoms with E-state index in [1.54, 1.807) is 31.6 Å². The minimum absolute atomic E-state index is 0.212. The topological polar surface area (TPSA) is 80.5 Å². The zero-order chi connectivity index (χ0) is 18.8. The fourth-order valence-corrected chi connectivity index (χ4v) is 3.26. The van der Waals surface area contributed by atoms with Crippen LogP contribution >= 0.6 is 0 Å². The number of para-hydroxylation sites is 1. The molecule has 0 unspecified atom stereocenters. The number of piperidine rings is 1. The van der Waals surface area contributed by atoms with Gasteiger partial charge >= 0.3 is 0 Å². The summed E-state index contributed by atoms with van der Waals surface area (Å²) in [5.74, 6) is 1.91. The van der Waals surface area contributed by atoms with Crippen molar-refractivity contribution in [2.45, 2.75) is 19.8 Å². The van der Waals surface area contributed by atoms with Crippen LogP contribution < -0.4 is 15.0 Å². The molecule has 1 aliphatic heterocycles. The van der Waals surface area contributed by atoms with E-state index in [1.165, 1.54) is 0 Å². The van der Waals surface area contributed by atoms with E-state index in [0.717, 1.165) is 37.2 Å². The van der Waals surface area contributed by atoms with E-state index in [-0.39, 0.29) is 11.7 Å². The lowest BCUT2D eigenvalue weighted by atomic mass is 10.00. The molecule has 7 nitrogen and oxygen atoms in total. The molecule has 7 heteroatoms. The highest BCUT2D eigenvalue weighted by molar-refractivity contribution is 6.05. The van der Waals surface area contributed by atoms with E-state index in [4.69, 9.17) is 9.15 Å². The summed E-state index contributed by atoms with van der Waals surface area (Å²) in [6.45, 7) is 4.20. The summed E-state index contributed by atoms with van der Waals surface area (Å²) in [7, 11) is 1.57. The predicted molar refractivity (Wildman–Crippen MR) is 103 cm³/mol. The second-order valence-corrected chi connectivity index (χ2v) is 6.88. The molecular formula is C20H22N4O3. The van der Waals surface area contributed by atoms with Gasteiger partial charge in [0, 0.05) is 18.5 Å². The molecule has 0 aliphatic carbocycles. The van der Waals surface area contributed by atoms with Crippen LogP contribution in [0.2, 0.25) is 0 Å². The van der Waals surface area contributed by atoms with Gasteiger partial charge < -0.3 is 19.4 Å². The van der Waals surface area contributed by atoms with Gasteiger partial charge in [-0.1, -0.05) is 19.1 Å². The summed E-state index contributed by atoms with van der Waals surface area (Å²) < 4.78 is 10.9. The largest absolute Gasteiger partial charge is 0.493 e. The first-order valence-electron chi connectivity index (χ1n) is 9.09. The van der Waals surface area contributed by atoms with Crippen LogP contribution in [0.25, 0.3) is 11.0 Å². The number of aromatic nitrogens is 2. The molecule has 0 radical (unpaired) electrons. The molecule has 1 N–H and O–H groups in total. The number of fused-ring (bicyclic) bond motifs is 1. The van der Waals surface area contributed by atoms with Gasteiger partial charge in [0.25, 0.3) is 5.91 Å². The molecule has 0 bridgehead atoms. The van der Waals surface area contributed by atoms with Crippen molar-refractivity contribution in [3.63, 3.8) is 0 Å². The number of benzene rings is 1. The first kappa shape index (κ1) is 17.3. The van der Waals surface area contributed by atoms with E-state index >= 15 is 0 Å². The van der Waals surface area contributed by atoms with Crippen molar-refractivity contribution in [2.75, 3.05) is 30.4 Å². The number of nitrogens with one attached hydrogen (secondary N) is 1. The summed E-state index contributed by atoms with van der Waals surface area (Å²) >= 11 is 0. The third kappa shape index (κ3) is 3.58. The van der Waals surface area contributed by atoms with Crippen molar-refractivity contribution < 1.29 is 13.9 Å². The average molecular weight is 366 g/mol. The van der Waals surface area contributed by atoms with Crippen LogP contribution in [0.1, 0.15) is 30.3 Å². The van der Waals surface area contributed by atoms with Crippen molar-refractivity contribution in [1.29, 1.82) is 0 Å². The van der Waals surface area contributed by atoms with Gasteiger partial charge in [-0.2, -0.15) is 0 Å². The van der Waals surface area contributed by atoms with Gasteiger partial charge in [0.05, 0.1) is 25.2 Å². The number of carbonyl (C=O) groups is 1. The van der Waals surface area contributed by atoms with Gasteiger partial charge in [0.1, 0.15) is 0 Å². The van der Waals surface area contributed by atoms with Crippen LogP contribution in [0.3, 0.4) is 0 Å². The van der Waals surface area contributed by atoms with Gasteiger partial charge in [-0.15, -0.1) is 0 Å². The highest BCUT2D eigenvalue weighted by atomic mass is 16.5. The Labute approximate surface area is 157 Å². The number of anilines is 2. The second kappa shape index (κ2) is 7.26. The first-order chi connectivity index (χ1) is 13.1. The van der Waals surface area contributed by atoms with Crippen molar-refractivity contribution in [2.24, 2.45) is 5.92 Å². The fourth-order valence-electron chi connectivity index (χ4n) is 3.26. The Kier molecular flexibility index (Phi) is 4.66. The van der Waals surface area contributed by atoms with Crippen LogP contribution in [0.4, 0.5) is 11.6 Å². The third-order valence-electron chi connectivity index (χ3n) is 4.91. The normalized spacial score (nSPS) is 15.1. The molecule has 0 saturated carbocycles. The second-order valence-electron chi connectivity index (χ2n) is 6.88. The van der Waals surface area contributed by atoms with Crippen LogP contribution in [-0.2, 0) is 0 Å². The van der Waals surface area contributed by atoms with E-state index < -0.39 is 0 Å². The van der Waals surface area contributed by atoms with Crippen molar-refractivity contribution in [3.8, 4) is 5.75 Å². The van der Waals surface area contributed by atoms with Crippen LogP contribution in [0.15, 0.2) is 41.1 Å². The van der Waals surface area contributed by atoms with Crippen LogP contribution in [0.5, 0.6) is 5.75 Å². The Bertz CT molecular complexity index is 944. The van der Waals surface area contributed by atoms with Gasteiger partial charge in [-0.3, -0.25) is 4.79 Å². The maximum atomic E-state index is 12.5. The number of hydrogen-bond donors (Lipinski definition) is 1. The molecule has 1 amide bonds. The predicted octanol–water partition coefficient (Wildman–Crippen LogP) is 3.72. The Balaban J connectivity index is 1.46. The molecule has 3 aromatic rings. The highest BCUT2D eigenvalue weighted by Crippen LogP contribution is 2.28. The summed E-state index contributed by atoms with van der Waals surface area (Å²) in [6, 6.07) is 7.21. The Morgan fingerprint density at radius 3 is 2.70 bits per heavy atom. The number of nitrogens with zero attached hydrogens (tertiary/aromatic N) is 3. The Hall–Kier alpha value is -3.09. The lowest BCUT2D eigenvalue weighted by molar-refractivity contribution is 0.0998. The molecule has 27 heavy (non-hydrogen) atoms. The number of rotatable bonds is 4. The van der Waals surface area contributed by atoms with E-state index in [9.17, 15) is 4.79 Å². The molecular weight excluding hydrogens is 344 g/mol. The summed E-state index contributed by atoms with van der Waals surface area (Å²) in [6.07, 6.45) is 5.55. The lowest BCUT2D eigenvalue weighted by Gasteiger charge is -2.30. The van der Waals surface area contributed by atoms with Crippen molar-refractivity contribution in [1.82, 2.24) is 9.97 Å². The Morgan fingerprint density at radius 1 is 1.26 bits per heavy atom. The number of amides is 1. The van der Waals surface area contributed by atoms with Crippen LogP contribution in [0, 0.1) is 5.92 Å². The molecule has 0 spiro atoms. The average Bonchev–Trinajstić information content (AvgIpc) is 3.14. The van der Waals surface area contributed by atoms with Gasteiger partial charge in [-0.05, 0) is 30.9 Å². The smallest absolute Gasteiger partial charge is 0.291 e. The summed E-state index contributed by atoms with van der Waals surface area (Å²) in [5, 5.41) is 3.59. The van der Waals surface area contributed by atoms with E-state index in [0.29, 0.717) is 23.0 Å². The van der Waals surface area contributed by atoms with Gasteiger partial charge in [0.2, 0.25) is 5.95 Å².